The van der Waals surface area contributed by atoms with Crippen LogP contribution in [0.5, 0.6) is 0 Å². The van der Waals surface area contributed by atoms with Crippen molar-refractivity contribution in [2.24, 2.45) is 21.7 Å². The first kappa shape index (κ1) is 72.7. The SMILES string of the molecule is C.CCC(C)(C)C(C)(C)SC.CNC(C)(C)C(C)(C)OC.COC(C)(C)C(C)(C)C.COC(C)(C)C(C)(C)C.CSC(C)(C)C(C)(C)C.CSC(C)(C)C(C)(C)S. The fraction of sp³-hybridized carbons (Fsp3) is 1.00. The molecule has 0 unspecified atom stereocenters. The van der Waals surface area contributed by atoms with E-state index in [1.165, 1.54) is 6.42 Å². The van der Waals surface area contributed by atoms with Crippen molar-refractivity contribution < 1.29 is 14.2 Å². The van der Waals surface area contributed by atoms with Crippen molar-refractivity contribution in [3.05, 3.63) is 0 Å². The summed E-state index contributed by atoms with van der Waals surface area (Å²) in [5, 5.41) is 3.21. The Morgan fingerprint density at radius 3 is 0.702 bits per heavy atom. The maximum atomic E-state index is 5.33. The molecule has 1 N–H and O–H groups in total. The van der Waals surface area contributed by atoms with Gasteiger partial charge in [-0.3, -0.25) is 0 Å². The molecule has 0 radical (unpaired) electrons. The number of hydrogen-bond acceptors (Lipinski definition) is 8. The zero-order valence-electron chi connectivity index (χ0n) is 45.1. The molecule has 0 aliphatic rings. The van der Waals surface area contributed by atoms with Gasteiger partial charge in [0.15, 0.2) is 0 Å². The summed E-state index contributed by atoms with van der Waals surface area (Å²) in [5.41, 5.74) is 1.16. The second kappa shape index (κ2) is 27.4. The van der Waals surface area contributed by atoms with Gasteiger partial charge in [0.2, 0.25) is 0 Å². The van der Waals surface area contributed by atoms with Crippen molar-refractivity contribution >= 4 is 47.9 Å². The number of thiol groups is 1. The van der Waals surface area contributed by atoms with Gasteiger partial charge < -0.3 is 19.5 Å². The maximum absolute atomic E-state index is 5.33. The molecule has 0 atom stereocenters. The first-order valence-electron chi connectivity index (χ1n) is 20.7. The molecule has 0 rings (SSSR count). The van der Waals surface area contributed by atoms with Crippen LogP contribution in [0.3, 0.4) is 0 Å². The normalized spacial score (nSPS) is 13.7. The van der Waals surface area contributed by atoms with Crippen LogP contribution < -0.4 is 5.32 Å². The molecule has 0 aromatic rings. The third kappa shape index (κ3) is 27.8. The van der Waals surface area contributed by atoms with Gasteiger partial charge in [0, 0.05) is 45.9 Å². The zero-order chi connectivity index (χ0) is 47.7. The Morgan fingerprint density at radius 2 is 0.667 bits per heavy atom. The van der Waals surface area contributed by atoms with Crippen LogP contribution >= 0.6 is 47.9 Å². The molecule has 0 aliphatic heterocycles. The lowest BCUT2D eigenvalue weighted by Gasteiger charge is -2.40. The predicted molar refractivity (Wildman–Crippen MR) is 281 cm³/mol. The van der Waals surface area contributed by atoms with Crippen LogP contribution in [-0.4, -0.2) is 88.5 Å². The molecule has 0 aromatic heterocycles. The van der Waals surface area contributed by atoms with Crippen molar-refractivity contribution in [3.8, 4) is 0 Å². The molecule has 8 heteroatoms. The lowest BCUT2D eigenvalue weighted by molar-refractivity contribution is -0.0620. The molecule has 0 heterocycles. The average molecular weight is 893 g/mol. The van der Waals surface area contributed by atoms with Crippen molar-refractivity contribution in [3.63, 3.8) is 0 Å². The van der Waals surface area contributed by atoms with Gasteiger partial charge >= 0.3 is 0 Å². The number of ether oxygens (including phenoxy) is 3. The Morgan fingerprint density at radius 1 is 0.421 bits per heavy atom. The van der Waals surface area contributed by atoms with E-state index in [4.69, 9.17) is 14.2 Å². The summed E-state index contributed by atoms with van der Waals surface area (Å²) >= 11 is 10.2. The van der Waals surface area contributed by atoms with E-state index < -0.39 is 0 Å². The third-order valence-electron chi connectivity index (χ3n) is 14.6. The summed E-state index contributed by atoms with van der Waals surface area (Å²) in [6.45, 7) is 61.6. The number of methoxy groups -OCH3 is 3. The van der Waals surface area contributed by atoms with Gasteiger partial charge in [-0.15, -0.1) is 0 Å². The van der Waals surface area contributed by atoms with Gasteiger partial charge in [0.05, 0.1) is 16.8 Å². The Bertz CT molecular complexity index is 826. The van der Waals surface area contributed by atoms with Crippen molar-refractivity contribution in [2.75, 3.05) is 47.1 Å². The summed E-state index contributed by atoms with van der Waals surface area (Å²) in [7, 11) is 7.19. The lowest BCUT2D eigenvalue weighted by Crippen LogP contribution is -2.55. The summed E-state index contributed by atoms with van der Waals surface area (Å²) < 4.78 is 17.1. The summed E-state index contributed by atoms with van der Waals surface area (Å²) in [6.07, 6.45) is 7.74. The van der Waals surface area contributed by atoms with Crippen molar-refractivity contribution in [2.45, 2.75) is 249 Å². The number of likely N-dealkylation sites (N-methyl/N-ethyl adjacent to an activating group) is 1. The Balaban J connectivity index is -0.000000105. The molecule has 0 aromatic carbocycles. The highest BCUT2D eigenvalue weighted by Gasteiger charge is 2.37. The van der Waals surface area contributed by atoms with Gasteiger partial charge in [0.25, 0.3) is 0 Å². The number of rotatable bonds is 11. The highest BCUT2D eigenvalue weighted by Crippen LogP contribution is 2.43. The highest BCUT2D eigenvalue weighted by molar-refractivity contribution is 8.01. The second-order valence-electron chi connectivity index (χ2n) is 22.7. The van der Waals surface area contributed by atoms with E-state index in [0.29, 0.717) is 20.3 Å². The molecule has 356 valence electrons. The van der Waals surface area contributed by atoms with Crippen molar-refractivity contribution in [1.82, 2.24) is 5.32 Å². The van der Waals surface area contributed by atoms with Crippen LogP contribution in [0.2, 0.25) is 0 Å². The monoisotopic (exact) mass is 892 g/mol. The summed E-state index contributed by atoms with van der Waals surface area (Å²) in [5.74, 6) is 0. The number of thioether (sulfide) groups is 3. The quantitative estimate of drug-likeness (QED) is 0.200. The van der Waals surface area contributed by atoms with Crippen LogP contribution in [0.4, 0.5) is 0 Å². The topological polar surface area (TPSA) is 39.7 Å². The number of nitrogens with one attached hydrogen (secondary N) is 1. The highest BCUT2D eigenvalue weighted by atomic mass is 32.2. The third-order valence-corrected chi connectivity index (χ3v) is 20.0. The van der Waals surface area contributed by atoms with Crippen LogP contribution in [0.15, 0.2) is 0 Å². The zero-order valence-corrected chi connectivity index (χ0v) is 48.4. The van der Waals surface area contributed by atoms with Gasteiger partial charge in [-0.1, -0.05) is 118 Å². The Hall–Kier alpha value is 1.24. The van der Waals surface area contributed by atoms with Crippen LogP contribution in [0.1, 0.15) is 208 Å². The van der Waals surface area contributed by atoms with E-state index in [9.17, 15) is 0 Å². The maximum Gasteiger partial charge on any atom is 0.0797 e. The molecule has 0 saturated carbocycles. The van der Waals surface area contributed by atoms with Crippen LogP contribution in [0.25, 0.3) is 0 Å². The van der Waals surface area contributed by atoms with Gasteiger partial charge in [0.1, 0.15) is 0 Å². The molecule has 0 spiro atoms. The molecule has 0 bridgehead atoms. The van der Waals surface area contributed by atoms with E-state index in [0.717, 1.165) is 0 Å². The van der Waals surface area contributed by atoms with E-state index >= 15 is 0 Å². The molecule has 0 saturated heterocycles. The molecular formula is C49H113NO3S4. The minimum Gasteiger partial charge on any atom is -0.378 e. The largest absolute Gasteiger partial charge is 0.378 e. The molecule has 0 amide bonds. The summed E-state index contributed by atoms with van der Waals surface area (Å²) in [6, 6.07) is 0. The van der Waals surface area contributed by atoms with Crippen LogP contribution in [0, 0.1) is 21.7 Å². The van der Waals surface area contributed by atoms with Crippen LogP contribution in [-0.2, 0) is 14.2 Å². The Labute approximate surface area is 383 Å². The van der Waals surface area contributed by atoms with E-state index in [2.05, 4.69) is 231 Å². The number of hydrogen-bond donors (Lipinski definition) is 2. The standard InChI is InChI=1S/C9H20S.C8H19NO.2C8H18O.C8H18S.C7H16S2.CH4/c1-7-8(2,3)9(4,5)10-6;1-7(2,9-5)8(3,4)10-6;3*1-7(2,3)8(4,5)9-6;1-6(2,8)7(3,4)9-5;/h7H2,1-6H3;9H,1-6H3;3*1-6H3;8H,1-5H3;1H4. The molecule has 57 heavy (non-hydrogen) atoms. The minimum absolute atomic E-state index is 0. The first-order chi connectivity index (χ1) is 24.0. The van der Waals surface area contributed by atoms with Gasteiger partial charge in [-0.25, -0.2) is 0 Å². The lowest BCUT2D eigenvalue weighted by atomic mass is 9.78. The molecule has 0 aliphatic carbocycles. The smallest absolute Gasteiger partial charge is 0.0797 e. The molecular weight excluding hydrogens is 779 g/mol. The fourth-order valence-corrected chi connectivity index (χ4v) is 4.51. The first-order valence-corrected chi connectivity index (χ1v) is 24.8. The molecule has 4 nitrogen and oxygen atoms in total. The summed E-state index contributed by atoms with van der Waals surface area (Å²) in [4.78, 5) is 0. The second-order valence-corrected chi connectivity index (χ2v) is 28.1. The van der Waals surface area contributed by atoms with Gasteiger partial charge in [-0.05, 0) is 137 Å². The van der Waals surface area contributed by atoms with E-state index in [1.54, 1.807) is 21.3 Å². The minimum atomic E-state index is -0.123. The Kier molecular flexibility index (Phi) is 35.0. The van der Waals surface area contributed by atoms with Gasteiger partial charge in [-0.2, -0.15) is 47.9 Å². The van der Waals surface area contributed by atoms with E-state index in [-0.39, 0.29) is 50.1 Å². The van der Waals surface area contributed by atoms with Crippen molar-refractivity contribution in [1.29, 1.82) is 0 Å². The van der Waals surface area contributed by atoms with E-state index in [1.807, 2.05) is 42.3 Å². The average Bonchev–Trinajstić information content (AvgIpc) is 3.03. The predicted octanol–water partition coefficient (Wildman–Crippen LogP) is 16.5. The fourth-order valence-electron chi connectivity index (χ4n) is 2.43. The molecule has 0 fully saturated rings.